The lowest BCUT2D eigenvalue weighted by Crippen LogP contribution is -2.37. The van der Waals surface area contributed by atoms with Gasteiger partial charge in [0.2, 0.25) is 0 Å². The molecule has 6 heteroatoms. The number of nitrogens with one attached hydrogen (secondary N) is 2. The van der Waals surface area contributed by atoms with Gasteiger partial charge in [0.25, 0.3) is 0 Å². The topological polar surface area (TPSA) is 45.7 Å². The molecular weight excluding hydrogens is 372 g/mol. The van der Waals surface area contributed by atoms with Gasteiger partial charge < -0.3 is 15.4 Å². The van der Waals surface area contributed by atoms with E-state index in [0.29, 0.717) is 6.54 Å². The number of nitrogens with zero attached hydrogens (tertiary/aromatic N) is 1. The molecule has 114 valence electrons. The molecule has 0 atom stereocenters. The molecule has 4 nitrogen and oxygen atoms in total. The van der Waals surface area contributed by atoms with Gasteiger partial charge in [-0.3, -0.25) is 4.99 Å². The van der Waals surface area contributed by atoms with Crippen molar-refractivity contribution in [2.75, 3.05) is 26.7 Å². The van der Waals surface area contributed by atoms with Crippen LogP contribution in [0.5, 0.6) is 5.75 Å². The number of methoxy groups -OCH3 is 1. The highest BCUT2D eigenvalue weighted by Gasteiger charge is 2.03. The Kier molecular flexibility index (Phi) is 10.1. The number of benzene rings is 1. The summed E-state index contributed by atoms with van der Waals surface area (Å²) in [6, 6.07) is 4.89. The van der Waals surface area contributed by atoms with Crippen LogP contribution in [-0.2, 0) is 6.42 Å². The fraction of sp³-hybridized carbons (Fsp3) is 0.500. The first-order chi connectivity index (χ1) is 9.21. The number of guanidine groups is 1. The summed E-state index contributed by atoms with van der Waals surface area (Å²) in [5.74, 6) is 0.745. The van der Waals surface area contributed by atoms with Crippen LogP contribution in [0, 0.1) is 5.82 Å². The Morgan fingerprint density at radius 2 is 1.90 bits per heavy atom. The molecular formula is C14H23FIN3O. The van der Waals surface area contributed by atoms with Crippen molar-refractivity contribution in [1.29, 1.82) is 0 Å². The van der Waals surface area contributed by atoms with Gasteiger partial charge in [0, 0.05) is 19.6 Å². The minimum absolute atomic E-state index is 0. The number of rotatable bonds is 6. The Morgan fingerprint density at radius 1 is 1.25 bits per heavy atom. The van der Waals surface area contributed by atoms with E-state index in [0.717, 1.165) is 31.0 Å². The van der Waals surface area contributed by atoms with Crippen LogP contribution in [0.1, 0.15) is 19.4 Å². The summed E-state index contributed by atoms with van der Waals surface area (Å²) in [5.41, 5.74) is 1.01. The van der Waals surface area contributed by atoms with Crippen LogP contribution < -0.4 is 15.4 Å². The zero-order valence-electron chi connectivity index (χ0n) is 12.2. The van der Waals surface area contributed by atoms with Crippen molar-refractivity contribution in [3.05, 3.63) is 29.6 Å². The lowest BCUT2D eigenvalue weighted by atomic mass is 10.1. The monoisotopic (exact) mass is 395 g/mol. The summed E-state index contributed by atoms with van der Waals surface area (Å²) in [6.07, 6.45) is 0.747. The van der Waals surface area contributed by atoms with Crippen LogP contribution in [0.3, 0.4) is 0 Å². The van der Waals surface area contributed by atoms with Crippen molar-refractivity contribution in [3.63, 3.8) is 0 Å². The van der Waals surface area contributed by atoms with Gasteiger partial charge in [-0.2, -0.15) is 0 Å². The van der Waals surface area contributed by atoms with E-state index in [-0.39, 0.29) is 35.5 Å². The quantitative estimate of drug-likeness (QED) is 0.442. The van der Waals surface area contributed by atoms with Crippen LogP contribution in [0.15, 0.2) is 23.2 Å². The smallest absolute Gasteiger partial charge is 0.191 e. The molecule has 0 aliphatic rings. The average Bonchev–Trinajstić information content (AvgIpc) is 2.41. The zero-order chi connectivity index (χ0) is 14.1. The molecule has 0 heterocycles. The van der Waals surface area contributed by atoms with E-state index in [1.807, 2.05) is 13.8 Å². The predicted octanol–water partition coefficient (Wildman–Crippen LogP) is 2.57. The number of halogens is 2. The number of hydrogen-bond donors (Lipinski definition) is 2. The normalized spacial score (nSPS) is 9.40. The average molecular weight is 395 g/mol. The Hall–Kier alpha value is -1.05. The van der Waals surface area contributed by atoms with Gasteiger partial charge in [0.05, 0.1) is 7.11 Å². The third-order valence-corrected chi connectivity index (χ3v) is 2.57. The second kappa shape index (κ2) is 10.7. The van der Waals surface area contributed by atoms with E-state index in [4.69, 9.17) is 4.74 Å². The zero-order valence-corrected chi connectivity index (χ0v) is 14.5. The van der Waals surface area contributed by atoms with Gasteiger partial charge in [-0.25, -0.2) is 4.39 Å². The molecule has 0 aromatic heterocycles. The van der Waals surface area contributed by atoms with Gasteiger partial charge >= 0.3 is 0 Å². The first-order valence-electron chi connectivity index (χ1n) is 6.55. The molecule has 0 saturated heterocycles. The molecule has 0 amide bonds. The van der Waals surface area contributed by atoms with Gasteiger partial charge in [-0.1, -0.05) is 6.07 Å². The summed E-state index contributed by atoms with van der Waals surface area (Å²) in [4.78, 5) is 4.44. The van der Waals surface area contributed by atoms with Crippen molar-refractivity contribution >= 4 is 29.9 Å². The van der Waals surface area contributed by atoms with E-state index in [2.05, 4.69) is 15.6 Å². The van der Waals surface area contributed by atoms with Gasteiger partial charge in [0.1, 0.15) is 0 Å². The number of aliphatic imine (C=N–C) groups is 1. The van der Waals surface area contributed by atoms with Gasteiger partial charge in [-0.05, 0) is 38.0 Å². The van der Waals surface area contributed by atoms with Gasteiger partial charge in [-0.15, -0.1) is 24.0 Å². The molecule has 0 fully saturated rings. The molecule has 0 saturated carbocycles. The molecule has 0 spiro atoms. The Labute approximate surface area is 137 Å². The molecule has 0 aliphatic heterocycles. The Balaban J connectivity index is 0.00000361. The van der Waals surface area contributed by atoms with Crippen molar-refractivity contribution < 1.29 is 9.13 Å². The number of ether oxygens (including phenoxy) is 1. The summed E-state index contributed by atoms with van der Waals surface area (Å²) >= 11 is 0. The highest BCUT2D eigenvalue weighted by molar-refractivity contribution is 14.0. The van der Waals surface area contributed by atoms with Crippen LogP contribution in [-0.4, -0.2) is 32.7 Å². The van der Waals surface area contributed by atoms with Crippen molar-refractivity contribution in [3.8, 4) is 5.75 Å². The third-order valence-electron chi connectivity index (χ3n) is 2.57. The maximum atomic E-state index is 13.2. The lowest BCUT2D eigenvalue weighted by Gasteiger charge is -2.09. The van der Waals surface area contributed by atoms with Crippen LogP contribution >= 0.6 is 24.0 Å². The maximum absolute atomic E-state index is 13.2. The van der Waals surface area contributed by atoms with Crippen molar-refractivity contribution in [1.82, 2.24) is 10.6 Å². The van der Waals surface area contributed by atoms with Crippen molar-refractivity contribution in [2.45, 2.75) is 20.3 Å². The largest absolute Gasteiger partial charge is 0.494 e. The van der Waals surface area contributed by atoms with Gasteiger partial charge in [0.15, 0.2) is 17.5 Å². The van der Waals surface area contributed by atoms with E-state index in [1.165, 1.54) is 13.2 Å². The molecule has 1 aromatic carbocycles. The van der Waals surface area contributed by atoms with E-state index < -0.39 is 0 Å². The standard InChI is InChI=1S/C14H22FN3O.HI/c1-4-16-14(17-5-2)18-9-8-11-6-7-12(15)13(10-11)19-3;/h6-7,10H,4-5,8-9H2,1-3H3,(H2,16,17,18);1H. The summed E-state index contributed by atoms with van der Waals surface area (Å²) in [6.45, 7) is 6.35. The summed E-state index contributed by atoms with van der Waals surface area (Å²) in [5, 5.41) is 6.31. The molecule has 0 radical (unpaired) electrons. The molecule has 2 N–H and O–H groups in total. The van der Waals surface area contributed by atoms with Crippen LogP contribution in [0.4, 0.5) is 4.39 Å². The van der Waals surface area contributed by atoms with Crippen LogP contribution in [0.2, 0.25) is 0 Å². The summed E-state index contributed by atoms with van der Waals surface area (Å²) < 4.78 is 18.2. The van der Waals surface area contributed by atoms with E-state index >= 15 is 0 Å². The van der Waals surface area contributed by atoms with Crippen LogP contribution in [0.25, 0.3) is 0 Å². The highest BCUT2D eigenvalue weighted by Crippen LogP contribution is 2.18. The summed E-state index contributed by atoms with van der Waals surface area (Å²) in [7, 11) is 1.47. The maximum Gasteiger partial charge on any atom is 0.191 e. The molecule has 0 unspecified atom stereocenters. The molecule has 20 heavy (non-hydrogen) atoms. The first-order valence-corrected chi connectivity index (χ1v) is 6.55. The fourth-order valence-electron chi connectivity index (χ4n) is 1.67. The van der Waals surface area contributed by atoms with E-state index in [1.54, 1.807) is 12.1 Å². The predicted molar refractivity (Wildman–Crippen MR) is 91.7 cm³/mol. The second-order valence-electron chi connectivity index (χ2n) is 4.01. The fourth-order valence-corrected chi connectivity index (χ4v) is 1.67. The molecule has 1 rings (SSSR count). The van der Waals surface area contributed by atoms with Crippen molar-refractivity contribution in [2.24, 2.45) is 4.99 Å². The first kappa shape index (κ1) is 18.9. The minimum Gasteiger partial charge on any atom is -0.494 e. The Bertz CT molecular complexity index is 419. The molecule has 1 aromatic rings. The third kappa shape index (κ3) is 6.40. The number of hydrogen-bond acceptors (Lipinski definition) is 2. The lowest BCUT2D eigenvalue weighted by molar-refractivity contribution is 0.386. The molecule has 0 bridgehead atoms. The van der Waals surface area contributed by atoms with E-state index in [9.17, 15) is 4.39 Å². The highest BCUT2D eigenvalue weighted by atomic mass is 127. The second-order valence-corrected chi connectivity index (χ2v) is 4.01. The molecule has 0 aliphatic carbocycles. The SMILES string of the molecule is CCNC(=NCCc1ccc(F)c(OC)c1)NCC.I. The minimum atomic E-state index is -0.337. The Morgan fingerprint density at radius 3 is 2.45 bits per heavy atom.